The van der Waals surface area contributed by atoms with E-state index >= 15 is 0 Å². The minimum absolute atomic E-state index is 0.162. The fourth-order valence-corrected chi connectivity index (χ4v) is 2.46. The number of aliphatic hydroxyl groups is 1. The Hall–Kier alpha value is -1.72. The molecule has 0 spiro atoms. The van der Waals surface area contributed by atoms with E-state index in [0.29, 0.717) is 18.5 Å². The SMILES string of the molecule is CCCC(O)CNC(=O)c1ccc(-c2cscn2)cc1. The quantitative estimate of drug-likeness (QED) is 0.860. The number of nitrogens with one attached hydrogen (secondary N) is 1. The number of carbonyl (C=O) groups is 1. The van der Waals surface area contributed by atoms with Gasteiger partial charge in [0.25, 0.3) is 5.91 Å². The number of nitrogens with zero attached hydrogens (tertiary/aromatic N) is 1. The molecule has 0 fully saturated rings. The first kappa shape index (κ1) is 14.7. The van der Waals surface area contributed by atoms with Gasteiger partial charge < -0.3 is 10.4 Å². The molecule has 1 aromatic heterocycles. The summed E-state index contributed by atoms with van der Waals surface area (Å²) in [5.74, 6) is -0.162. The van der Waals surface area contributed by atoms with Gasteiger partial charge >= 0.3 is 0 Å². The lowest BCUT2D eigenvalue weighted by atomic mass is 10.1. The van der Waals surface area contributed by atoms with E-state index in [2.05, 4.69) is 10.3 Å². The summed E-state index contributed by atoms with van der Waals surface area (Å²) in [4.78, 5) is 16.1. The zero-order chi connectivity index (χ0) is 14.4. The third kappa shape index (κ3) is 3.88. The van der Waals surface area contributed by atoms with Crippen LogP contribution in [0, 0.1) is 0 Å². The lowest BCUT2D eigenvalue weighted by Gasteiger charge is -2.10. The fourth-order valence-electron chi connectivity index (χ4n) is 1.90. The maximum atomic E-state index is 11.9. The average Bonchev–Trinajstić information content (AvgIpc) is 2.99. The van der Waals surface area contributed by atoms with Crippen molar-refractivity contribution in [2.45, 2.75) is 25.9 Å². The predicted octanol–water partition coefficient (Wildman–Crippen LogP) is 2.70. The van der Waals surface area contributed by atoms with Crippen molar-refractivity contribution in [1.29, 1.82) is 0 Å². The van der Waals surface area contributed by atoms with Gasteiger partial charge in [0, 0.05) is 23.1 Å². The molecule has 0 aliphatic carbocycles. The molecule has 0 saturated heterocycles. The van der Waals surface area contributed by atoms with E-state index in [9.17, 15) is 9.90 Å². The van der Waals surface area contributed by atoms with Crippen LogP contribution in [0.25, 0.3) is 11.3 Å². The molecule has 0 radical (unpaired) electrons. The molecule has 2 rings (SSSR count). The summed E-state index contributed by atoms with van der Waals surface area (Å²) in [6.45, 7) is 2.29. The highest BCUT2D eigenvalue weighted by atomic mass is 32.1. The molecule has 0 aliphatic rings. The van der Waals surface area contributed by atoms with Crippen LogP contribution in [-0.4, -0.2) is 28.6 Å². The Kier molecular flexibility index (Phi) is 5.26. The number of rotatable bonds is 6. The molecule has 4 nitrogen and oxygen atoms in total. The van der Waals surface area contributed by atoms with Crippen LogP contribution in [0.1, 0.15) is 30.1 Å². The Morgan fingerprint density at radius 1 is 1.40 bits per heavy atom. The van der Waals surface area contributed by atoms with Crippen molar-refractivity contribution in [2.75, 3.05) is 6.54 Å². The first-order valence-electron chi connectivity index (χ1n) is 6.65. The van der Waals surface area contributed by atoms with Crippen LogP contribution < -0.4 is 5.32 Å². The van der Waals surface area contributed by atoms with Crippen molar-refractivity contribution in [3.8, 4) is 11.3 Å². The first-order valence-corrected chi connectivity index (χ1v) is 7.60. The van der Waals surface area contributed by atoms with Gasteiger partial charge in [-0.05, 0) is 18.6 Å². The number of amides is 1. The number of hydrogen-bond donors (Lipinski definition) is 2. The van der Waals surface area contributed by atoms with E-state index in [0.717, 1.165) is 17.7 Å². The zero-order valence-corrected chi connectivity index (χ0v) is 12.2. The van der Waals surface area contributed by atoms with Crippen LogP contribution in [0.4, 0.5) is 0 Å². The van der Waals surface area contributed by atoms with E-state index in [1.807, 2.05) is 24.4 Å². The minimum atomic E-state index is -0.474. The summed E-state index contributed by atoms with van der Waals surface area (Å²) in [6.07, 6.45) is 1.13. The Labute approximate surface area is 122 Å². The highest BCUT2D eigenvalue weighted by Gasteiger charge is 2.09. The molecule has 5 heteroatoms. The third-order valence-corrected chi connectivity index (χ3v) is 3.58. The Morgan fingerprint density at radius 2 is 2.15 bits per heavy atom. The number of benzene rings is 1. The largest absolute Gasteiger partial charge is 0.391 e. The average molecular weight is 290 g/mol. The van der Waals surface area contributed by atoms with Crippen molar-refractivity contribution in [3.63, 3.8) is 0 Å². The number of aromatic nitrogens is 1. The maximum absolute atomic E-state index is 11.9. The van der Waals surface area contributed by atoms with Gasteiger partial charge in [0.1, 0.15) is 0 Å². The zero-order valence-electron chi connectivity index (χ0n) is 11.4. The van der Waals surface area contributed by atoms with Crippen LogP contribution >= 0.6 is 11.3 Å². The molecule has 1 amide bonds. The van der Waals surface area contributed by atoms with Crippen molar-refractivity contribution < 1.29 is 9.90 Å². The van der Waals surface area contributed by atoms with Crippen LogP contribution in [0.3, 0.4) is 0 Å². The van der Waals surface area contributed by atoms with E-state index in [1.54, 1.807) is 29.0 Å². The molecular weight excluding hydrogens is 272 g/mol. The summed E-state index contributed by atoms with van der Waals surface area (Å²) < 4.78 is 0. The highest BCUT2D eigenvalue weighted by Crippen LogP contribution is 2.19. The standard InChI is InChI=1S/C15H18N2O2S/c1-2-3-13(18)8-16-15(19)12-6-4-11(5-7-12)14-9-20-10-17-14/h4-7,9-10,13,18H,2-3,8H2,1H3,(H,16,19). The van der Waals surface area contributed by atoms with Gasteiger partial charge in [-0.25, -0.2) is 4.98 Å². The summed E-state index contributed by atoms with van der Waals surface area (Å²) in [5.41, 5.74) is 4.28. The van der Waals surface area contributed by atoms with Crippen LogP contribution in [0.2, 0.25) is 0 Å². The normalized spacial score (nSPS) is 12.1. The molecule has 1 atom stereocenters. The molecule has 2 aromatic rings. The molecule has 2 N–H and O–H groups in total. The van der Waals surface area contributed by atoms with Crippen LogP contribution in [0.5, 0.6) is 0 Å². The van der Waals surface area contributed by atoms with E-state index in [4.69, 9.17) is 0 Å². The van der Waals surface area contributed by atoms with Gasteiger partial charge in [-0.2, -0.15) is 0 Å². The summed E-state index contributed by atoms with van der Waals surface area (Å²) >= 11 is 1.54. The second kappa shape index (κ2) is 7.17. The molecule has 0 aliphatic heterocycles. The molecule has 20 heavy (non-hydrogen) atoms. The Morgan fingerprint density at radius 3 is 2.75 bits per heavy atom. The number of carbonyl (C=O) groups excluding carboxylic acids is 1. The highest BCUT2D eigenvalue weighted by molar-refractivity contribution is 7.07. The number of aliphatic hydroxyl groups excluding tert-OH is 1. The maximum Gasteiger partial charge on any atom is 0.251 e. The molecule has 0 bridgehead atoms. The molecule has 1 aromatic carbocycles. The van der Waals surface area contributed by atoms with Crippen molar-refractivity contribution in [3.05, 3.63) is 40.7 Å². The molecular formula is C15H18N2O2S. The first-order chi connectivity index (χ1) is 9.70. The number of thiazole rings is 1. The van der Waals surface area contributed by atoms with E-state index < -0.39 is 6.10 Å². The molecule has 106 valence electrons. The van der Waals surface area contributed by atoms with Crippen LogP contribution in [-0.2, 0) is 0 Å². The van der Waals surface area contributed by atoms with Gasteiger partial charge in [-0.15, -0.1) is 11.3 Å². The number of hydrogen-bond acceptors (Lipinski definition) is 4. The summed E-state index contributed by atoms with van der Waals surface area (Å²) in [6, 6.07) is 7.31. The van der Waals surface area contributed by atoms with Gasteiger partial charge in [-0.3, -0.25) is 4.79 Å². The third-order valence-electron chi connectivity index (χ3n) is 3.00. The Bertz CT molecular complexity index is 538. The van der Waals surface area contributed by atoms with Gasteiger partial charge in [0.2, 0.25) is 0 Å². The smallest absolute Gasteiger partial charge is 0.251 e. The van der Waals surface area contributed by atoms with Crippen molar-refractivity contribution >= 4 is 17.2 Å². The molecule has 1 unspecified atom stereocenters. The second-order valence-corrected chi connectivity index (χ2v) is 5.32. The van der Waals surface area contributed by atoms with Crippen LogP contribution in [0.15, 0.2) is 35.2 Å². The molecule has 0 saturated carbocycles. The second-order valence-electron chi connectivity index (χ2n) is 4.60. The Balaban J connectivity index is 1.94. The predicted molar refractivity (Wildman–Crippen MR) is 80.8 cm³/mol. The summed E-state index contributed by atoms with van der Waals surface area (Å²) in [7, 11) is 0. The topological polar surface area (TPSA) is 62.2 Å². The monoisotopic (exact) mass is 290 g/mol. The van der Waals surface area contributed by atoms with E-state index in [-0.39, 0.29) is 5.91 Å². The lowest BCUT2D eigenvalue weighted by molar-refractivity contribution is 0.0910. The lowest BCUT2D eigenvalue weighted by Crippen LogP contribution is -2.31. The van der Waals surface area contributed by atoms with Gasteiger partial charge in [0.05, 0.1) is 17.3 Å². The van der Waals surface area contributed by atoms with Gasteiger partial charge in [0.15, 0.2) is 0 Å². The van der Waals surface area contributed by atoms with Gasteiger partial charge in [-0.1, -0.05) is 25.5 Å². The van der Waals surface area contributed by atoms with Crippen molar-refractivity contribution in [2.24, 2.45) is 0 Å². The van der Waals surface area contributed by atoms with Crippen molar-refractivity contribution in [1.82, 2.24) is 10.3 Å². The van der Waals surface area contributed by atoms with E-state index in [1.165, 1.54) is 0 Å². The minimum Gasteiger partial charge on any atom is -0.391 e. The fraction of sp³-hybridized carbons (Fsp3) is 0.333. The summed E-state index contributed by atoms with van der Waals surface area (Å²) in [5, 5.41) is 14.3. The molecule has 1 heterocycles.